The molecule has 1 fully saturated rings. The van der Waals surface area contributed by atoms with Crippen molar-refractivity contribution in [1.29, 1.82) is 0 Å². The first-order chi connectivity index (χ1) is 12.7. The quantitative estimate of drug-likeness (QED) is 0.661. The van der Waals surface area contributed by atoms with Crippen molar-refractivity contribution in [2.24, 2.45) is 0 Å². The van der Waals surface area contributed by atoms with Crippen LogP contribution in [0.4, 0.5) is 0 Å². The summed E-state index contributed by atoms with van der Waals surface area (Å²) in [7, 11) is 1.98. The predicted molar refractivity (Wildman–Crippen MR) is 107 cm³/mol. The monoisotopic (exact) mass is 347 g/mol. The van der Waals surface area contributed by atoms with E-state index in [1.807, 2.05) is 19.4 Å². The average molecular weight is 347 g/mol. The van der Waals surface area contributed by atoms with Crippen molar-refractivity contribution in [3.63, 3.8) is 0 Å². The van der Waals surface area contributed by atoms with E-state index in [1.54, 1.807) is 0 Å². The minimum atomic E-state index is 0.239. The molecular formula is C22H25N3O. The Morgan fingerprint density at radius 3 is 2.96 bits per heavy atom. The van der Waals surface area contributed by atoms with Gasteiger partial charge >= 0.3 is 0 Å². The Balaban J connectivity index is 1.75. The number of hydrogen-bond acceptors (Lipinski definition) is 4. The Kier molecular flexibility index (Phi) is 4.51. The van der Waals surface area contributed by atoms with E-state index in [0.29, 0.717) is 0 Å². The molecule has 2 N–H and O–H groups in total. The van der Waals surface area contributed by atoms with Crippen molar-refractivity contribution in [3.8, 4) is 0 Å². The van der Waals surface area contributed by atoms with Crippen LogP contribution in [-0.2, 0) is 6.42 Å². The third kappa shape index (κ3) is 3.01. The number of rotatable bonds is 5. The van der Waals surface area contributed by atoms with Gasteiger partial charge in [-0.2, -0.15) is 0 Å². The molecule has 134 valence electrons. The van der Waals surface area contributed by atoms with Crippen LogP contribution in [0.3, 0.4) is 0 Å². The largest absolute Gasteiger partial charge is 0.464 e. The summed E-state index contributed by atoms with van der Waals surface area (Å²) in [4.78, 5) is 4.87. The lowest BCUT2D eigenvalue weighted by atomic mass is 9.87. The van der Waals surface area contributed by atoms with Crippen molar-refractivity contribution < 1.29 is 4.42 Å². The van der Waals surface area contributed by atoms with Gasteiger partial charge in [-0.05, 0) is 57.5 Å². The van der Waals surface area contributed by atoms with Gasteiger partial charge in [-0.25, -0.2) is 0 Å². The zero-order chi connectivity index (χ0) is 18.1. The highest BCUT2D eigenvalue weighted by atomic mass is 16.3. The van der Waals surface area contributed by atoms with Crippen molar-refractivity contribution in [2.75, 3.05) is 13.6 Å². The molecule has 3 aromatic rings. The molecule has 26 heavy (non-hydrogen) atoms. The lowest BCUT2D eigenvalue weighted by Gasteiger charge is -2.27. The SMILES string of the molecule is C=C1CC[C@H](c2coc3ccc4nc(CCCNC)ccc4c23)C(=C)N1. The highest BCUT2D eigenvalue weighted by molar-refractivity contribution is 6.06. The van der Waals surface area contributed by atoms with Crippen LogP contribution in [0.1, 0.15) is 36.4 Å². The van der Waals surface area contributed by atoms with Crippen molar-refractivity contribution in [2.45, 2.75) is 31.6 Å². The molecule has 0 bridgehead atoms. The van der Waals surface area contributed by atoms with Gasteiger partial charge in [0.15, 0.2) is 0 Å². The second-order valence-corrected chi connectivity index (χ2v) is 7.05. The number of allylic oxidation sites excluding steroid dienone is 2. The molecule has 0 saturated carbocycles. The molecule has 3 heterocycles. The first-order valence-corrected chi connectivity index (χ1v) is 9.25. The Morgan fingerprint density at radius 2 is 2.15 bits per heavy atom. The summed E-state index contributed by atoms with van der Waals surface area (Å²) >= 11 is 0. The fraction of sp³-hybridized carbons (Fsp3) is 0.318. The summed E-state index contributed by atoms with van der Waals surface area (Å²) in [5.41, 5.74) is 6.31. The van der Waals surface area contributed by atoms with Gasteiger partial charge in [0.25, 0.3) is 0 Å². The van der Waals surface area contributed by atoms with Crippen LogP contribution in [0.2, 0.25) is 0 Å². The summed E-state index contributed by atoms with van der Waals surface area (Å²) in [6.45, 7) is 9.24. The van der Waals surface area contributed by atoms with E-state index in [1.165, 1.54) is 5.56 Å². The molecule has 0 spiro atoms. The maximum atomic E-state index is 5.87. The van der Waals surface area contributed by atoms with Crippen molar-refractivity contribution in [1.82, 2.24) is 15.6 Å². The molecule has 1 saturated heterocycles. The summed E-state index contributed by atoms with van der Waals surface area (Å²) in [5.74, 6) is 0.239. The number of nitrogens with zero attached hydrogens (tertiary/aromatic N) is 1. The minimum Gasteiger partial charge on any atom is -0.464 e. The molecule has 1 aliphatic rings. The molecule has 0 radical (unpaired) electrons. The zero-order valence-corrected chi connectivity index (χ0v) is 15.3. The Labute approximate surface area is 154 Å². The number of hydrogen-bond donors (Lipinski definition) is 2. The highest BCUT2D eigenvalue weighted by Crippen LogP contribution is 2.39. The first kappa shape index (κ1) is 16.9. The van der Waals surface area contributed by atoms with E-state index in [9.17, 15) is 0 Å². The molecule has 1 atom stereocenters. The summed E-state index contributed by atoms with van der Waals surface area (Å²) in [6, 6.07) is 8.42. The number of nitrogens with one attached hydrogen (secondary N) is 2. The molecule has 4 heteroatoms. The molecule has 1 aromatic carbocycles. The number of aromatic nitrogens is 1. The molecular weight excluding hydrogens is 322 g/mol. The van der Waals surface area contributed by atoms with Gasteiger partial charge in [-0.3, -0.25) is 4.98 Å². The molecule has 0 unspecified atom stereocenters. The predicted octanol–water partition coefficient (Wildman–Crippen LogP) is 4.63. The highest BCUT2D eigenvalue weighted by Gasteiger charge is 2.25. The van der Waals surface area contributed by atoms with Crippen molar-refractivity contribution in [3.05, 3.63) is 66.3 Å². The summed E-state index contributed by atoms with van der Waals surface area (Å²) in [6.07, 6.45) is 5.92. The number of piperidine rings is 1. The normalized spacial score (nSPS) is 17.8. The average Bonchev–Trinajstić information content (AvgIpc) is 3.06. The fourth-order valence-electron chi connectivity index (χ4n) is 3.86. The Bertz CT molecular complexity index is 986. The third-order valence-corrected chi connectivity index (χ3v) is 5.22. The van der Waals surface area contributed by atoms with Crippen LogP contribution in [0.15, 0.2) is 59.5 Å². The molecule has 2 aromatic heterocycles. The number of benzene rings is 1. The standard InChI is InChI=1S/C22H25N3O/c1-14-6-8-17(15(2)24-14)19-13-26-21-11-10-20-18(22(19)21)9-7-16(25-20)5-4-12-23-3/h7,9-11,13,17,23-24H,1-2,4-6,8,12H2,3H3/t17-/m0/s1. The van der Waals surface area contributed by atoms with E-state index in [4.69, 9.17) is 9.40 Å². The first-order valence-electron chi connectivity index (χ1n) is 9.25. The molecule has 4 nitrogen and oxygen atoms in total. The van der Waals surface area contributed by atoms with E-state index < -0.39 is 0 Å². The lowest BCUT2D eigenvalue weighted by molar-refractivity contribution is 0.569. The van der Waals surface area contributed by atoms with Gasteiger partial charge in [0.05, 0.1) is 11.8 Å². The Hall–Kier alpha value is -2.59. The number of fused-ring (bicyclic) bond motifs is 3. The lowest BCUT2D eigenvalue weighted by Crippen LogP contribution is -2.23. The maximum absolute atomic E-state index is 5.87. The van der Waals surface area contributed by atoms with E-state index in [0.717, 1.165) is 71.2 Å². The molecule has 1 aliphatic heterocycles. The van der Waals surface area contributed by atoms with Gasteiger partial charge in [0.2, 0.25) is 0 Å². The maximum Gasteiger partial charge on any atom is 0.134 e. The summed E-state index contributed by atoms with van der Waals surface area (Å²) in [5, 5.41) is 8.82. The van der Waals surface area contributed by atoms with Crippen molar-refractivity contribution >= 4 is 21.9 Å². The van der Waals surface area contributed by atoms with E-state index in [2.05, 4.69) is 42.0 Å². The second kappa shape index (κ2) is 6.96. The number of pyridine rings is 1. The van der Waals surface area contributed by atoms with Crippen LogP contribution >= 0.6 is 0 Å². The Morgan fingerprint density at radius 1 is 1.27 bits per heavy atom. The number of aryl methyl sites for hydroxylation is 1. The van der Waals surface area contributed by atoms with Crippen LogP contribution in [0, 0.1) is 0 Å². The van der Waals surface area contributed by atoms with E-state index >= 15 is 0 Å². The van der Waals surface area contributed by atoms with Gasteiger partial charge < -0.3 is 15.1 Å². The topological polar surface area (TPSA) is 50.1 Å². The van der Waals surface area contributed by atoms with Crippen LogP contribution in [0.25, 0.3) is 21.9 Å². The second-order valence-electron chi connectivity index (χ2n) is 7.05. The van der Waals surface area contributed by atoms with Gasteiger partial charge in [0, 0.05) is 39.3 Å². The summed E-state index contributed by atoms with van der Waals surface area (Å²) < 4.78 is 5.87. The van der Waals surface area contributed by atoms with Gasteiger partial charge in [-0.15, -0.1) is 0 Å². The van der Waals surface area contributed by atoms with Crippen LogP contribution in [-0.4, -0.2) is 18.6 Å². The number of furan rings is 1. The molecule has 0 aliphatic carbocycles. The van der Waals surface area contributed by atoms with Gasteiger partial charge in [-0.1, -0.05) is 19.2 Å². The van der Waals surface area contributed by atoms with Crippen LogP contribution in [0.5, 0.6) is 0 Å². The molecule has 4 rings (SSSR count). The van der Waals surface area contributed by atoms with E-state index in [-0.39, 0.29) is 5.92 Å². The zero-order valence-electron chi connectivity index (χ0n) is 15.3. The third-order valence-electron chi connectivity index (χ3n) is 5.22. The van der Waals surface area contributed by atoms with Crippen LogP contribution < -0.4 is 10.6 Å². The smallest absolute Gasteiger partial charge is 0.134 e. The fourth-order valence-corrected chi connectivity index (χ4v) is 3.86. The minimum absolute atomic E-state index is 0.239. The van der Waals surface area contributed by atoms with Gasteiger partial charge in [0.1, 0.15) is 5.58 Å². The molecule has 0 amide bonds.